The molecule has 0 bridgehead atoms. The number of hydrogen-bond acceptors (Lipinski definition) is 5. The standard InChI is InChI=1S/C26H24N2O4/c1-30-23-6-5-21(14-25(23)31-15-17-7-9-27-10-8-17)28-26(29)13-20-16-32-24-12-19-4-2-3-18(19)11-22(20)24/h5-12,14,16H,2-4,13,15H2,1H3,(H,28,29). The molecule has 6 heteroatoms. The second kappa shape index (κ2) is 8.75. The summed E-state index contributed by atoms with van der Waals surface area (Å²) in [5.41, 5.74) is 6.12. The fourth-order valence-corrected chi connectivity index (χ4v) is 4.17. The van der Waals surface area contributed by atoms with Gasteiger partial charge in [-0.15, -0.1) is 0 Å². The number of ether oxygens (including phenoxy) is 2. The van der Waals surface area contributed by atoms with Crippen LogP contribution in [0.25, 0.3) is 11.0 Å². The molecule has 1 aliphatic carbocycles. The summed E-state index contributed by atoms with van der Waals surface area (Å²) in [6.45, 7) is 0.377. The van der Waals surface area contributed by atoms with Crippen molar-refractivity contribution < 1.29 is 18.7 Å². The van der Waals surface area contributed by atoms with Crippen LogP contribution in [0.15, 0.2) is 65.5 Å². The number of rotatable bonds is 7. The number of benzene rings is 2. The zero-order chi connectivity index (χ0) is 21.9. The van der Waals surface area contributed by atoms with Gasteiger partial charge in [0.1, 0.15) is 12.2 Å². The van der Waals surface area contributed by atoms with E-state index >= 15 is 0 Å². The fourth-order valence-electron chi connectivity index (χ4n) is 4.17. The van der Waals surface area contributed by atoms with Gasteiger partial charge in [-0.2, -0.15) is 0 Å². The number of anilines is 1. The first-order chi connectivity index (χ1) is 15.7. The maximum Gasteiger partial charge on any atom is 0.228 e. The lowest BCUT2D eigenvalue weighted by Crippen LogP contribution is -2.14. The Balaban J connectivity index is 1.29. The van der Waals surface area contributed by atoms with Gasteiger partial charge in [-0.05, 0) is 72.4 Å². The molecule has 2 aromatic carbocycles. The molecule has 0 aliphatic heterocycles. The minimum absolute atomic E-state index is 0.113. The monoisotopic (exact) mass is 428 g/mol. The molecule has 2 heterocycles. The van der Waals surface area contributed by atoms with Crippen LogP contribution in [0.5, 0.6) is 11.5 Å². The Hall–Kier alpha value is -3.80. The quantitative estimate of drug-likeness (QED) is 0.444. The predicted octanol–water partition coefficient (Wildman–Crippen LogP) is 5.09. The number of aryl methyl sites for hydroxylation is 2. The van der Waals surface area contributed by atoms with Crippen LogP contribution in [0.4, 0.5) is 5.69 Å². The average Bonchev–Trinajstić information content (AvgIpc) is 3.43. The third-order valence-electron chi connectivity index (χ3n) is 5.81. The molecule has 5 rings (SSSR count). The average molecular weight is 428 g/mol. The van der Waals surface area contributed by atoms with E-state index in [2.05, 4.69) is 22.4 Å². The lowest BCUT2D eigenvalue weighted by Gasteiger charge is -2.13. The van der Waals surface area contributed by atoms with E-state index in [0.29, 0.717) is 23.8 Å². The van der Waals surface area contributed by atoms with E-state index in [1.807, 2.05) is 12.1 Å². The first kappa shape index (κ1) is 20.1. The third kappa shape index (κ3) is 4.17. The van der Waals surface area contributed by atoms with Crippen molar-refractivity contribution in [2.24, 2.45) is 0 Å². The van der Waals surface area contributed by atoms with Crippen molar-refractivity contribution in [3.8, 4) is 11.5 Å². The van der Waals surface area contributed by atoms with Gasteiger partial charge in [0.25, 0.3) is 0 Å². The van der Waals surface area contributed by atoms with Gasteiger partial charge in [0, 0.05) is 35.1 Å². The third-order valence-corrected chi connectivity index (χ3v) is 5.81. The number of carbonyl (C=O) groups excluding carboxylic acids is 1. The van der Waals surface area contributed by atoms with E-state index in [1.165, 1.54) is 17.5 Å². The SMILES string of the molecule is COc1ccc(NC(=O)Cc2coc3cc4c(cc23)CCC4)cc1OCc1ccncc1. The zero-order valence-corrected chi connectivity index (χ0v) is 17.9. The second-order valence-corrected chi connectivity index (χ2v) is 7.97. The van der Waals surface area contributed by atoms with E-state index in [9.17, 15) is 4.79 Å². The van der Waals surface area contributed by atoms with E-state index in [0.717, 1.165) is 34.9 Å². The molecule has 0 atom stereocenters. The summed E-state index contributed by atoms with van der Waals surface area (Å²) in [5, 5.41) is 3.99. The van der Waals surface area contributed by atoms with Crippen molar-refractivity contribution in [3.63, 3.8) is 0 Å². The highest BCUT2D eigenvalue weighted by atomic mass is 16.5. The molecule has 1 amide bonds. The summed E-state index contributed by atoms with van der Waals surface area (Å²) in [5.74, 6) is 1.05. The highest BCUT2D eigenvalue weighted by molar-refractivity contribution is 5.95. The summed E-state index contributed by atoms with van der Waals surface area (Å²) < 4.78 is 17.1. The zero-order valence-electron chi connectivity index (χ0n) is 17.9. The van der Waals surface area contributed by atoms with Crippen molar-refractivity contribution in [3.05, 3.63) is 83.4 Å². The van der Waals surface area contributed by atoms with E-state index in [4.69, 9.17) is 13.9 Å². The maximum atomic E-state index is 12.8. The predicted molar refractivity (Wildman–Crippen MR) is 122 cm³/mol. The Morgan fingerprint density at radius 2 is 1.88 bits per heavy atom. The Kier molecular flexibility index (Phi) is 5.50. The first-order valence-electron chi connectivity index (χ1n) is 10.7. The number of pyridine rings is 1. The Morgan fingerprint density at radius 3 is 2.69 bits per heavy atom. The summed E-state index contributed by atoms with van der Waals surface area (Å²) >= 11 is 0. The lowest BCUT2D eigenvalue weighted by molar-refractivity contribution is -0.115. The van der Waals surface area contributed by atoms with Crippen LogP contribution in [0.1, 0.15) is 28.7 Å². The molecule has 0 fully saturated rings. The number of fused-ring (bicyclic) bond motifs is 2. The van der Waals surface area contributed by atoms with Crippen LogP contribution in [0, 0.1) is 0 Å². The molecule has 0 radical (unpaired) electrons. The Morgan fingerprint density at radius 1 is 1.06 bits per heavy atom. The van der Waals surface area contributed by atoms with Crippen molar-refractivity contribution in [2.45, 2.75) is 32.3 Å². The number of nitrogens with zero attached hydrogens (tertiary/aromatic N) is 1. The minimum Gasteiger partial charge on any atom is -0.493 e. The van der Waals surface area contributed by atoms with Crippen LogP contribution in [-0.4, -0.2) is 18.0 Å². The molecule has 0 saturated heterocycles. The molecule has 1 N–H and O–H groups in total. The normalized spacial score (nSPS) is 12.5. The van der Waals surface area contributed by atoms with Crippen molar-refractivity contribution >= 4 is 22.6 Å². The number of furan rings is 1. The molecular formula is C26H24N2O4. The van der Waals surface area contributed by atoms with Crippen molar-refractivity contribution in [1.29, 1.82) is 0 Å². The van der Waals surface area contributed by atoms with Gasteiger partial charge < -0.3 is 19.2 Å². The molecule has 32 heavy (non-hydrogen) atoms. The maximum absolute atomic E-state index is 12.8. The number of hydrogen-bond donors (Lipinski definition) is 1. The van der Waals surface area contributed by atoms with Gasteiger partial charge >= 0.3 is 0 Å². The largest absolute Gasteiger partial charge is 0.493 e. The van der Waals surface area contributed by atoms with Gasteiger partial charge in [0.15, 0.2) is 11.5 Å². The molecular weight excluding hydrogens is 404 g/mol. The van der Waals surface area contributed by atoms with Gasteiger partial charge in [-0.3, -0.25) is 9.78 Å². The fraction of sp³-hybridized carbons (Fsp3) is 0.231. The number of amides is 1. The van der Waals surface area contributed by atoms with E-state index < -0.39 is 0 Å². The number of carbonyl (C=O) groups is 1. The molecule has 1 aliphatic rings. The van der Waals surface area contributed by atoms with Crippen LogP contribution in [0.3, 0.4) is 0 Å². The van der Waals surface area contributed by atoms with E-state index in [-0.39, 0.29) is 12.3 Å². The number of methoxy groups -OCH3 is 1. The highest BCUT2D eigenvalue weighted by Gasteiger charge is 2.17. The molecule has 4 aromatic rings. The smallest absolute Gasteiger partial charge is 0.228 e. The van der Waals surface area contributed by atoms with E-state index in [1.54, 1.807) is 44.0 Å². The summed E-state index contributed by atoms with van der Waals surface area (Å²) in [4.78, 5) is 16.8. The van der Waals surface area contributed by atoms with Crippen LogP contribution in [0.2, 0.25) is 0 Å². The summed E-state index contributed by atoms with van der Waals surface area (Å²) in [7, 11) is 1.59. The highest BCUT2D eigenvalue weighted by Crippen LogP contribution is 2.32. The Labute approximate surface area is 186 Å². The summed E-state index contributed by atoms with van der Waals surface area (Å²) in [6, 6.07) is 13.4. The van der Waals surface area contributed by atoms with Crippen LogP contribution < -0.4 is 14.8 Å². The van der Waals surface area contributed by atoms with Gasteiger partial charge in [-0.1, -0.05) is 0 Å². The molecule has 2 aromatic heterocycles. The van der Waals surface area contributed by atoms with Crippen molar-refractivity contribution in [1.82, 2.24) is 4.98 Å². The van der Waals surface area contributed by atoms with Crippen LogP contribution in [-0.2, 0) is 30.7 Å². The van der Waals surface area contributed by atoms with Gasteiger partial charge in [0.2, 0.25) is 5.91 Å². The molecule has 162 valence electrons. The summed E-state index contributed by atoms with van der Waals surface area (Å²) in [6.07, 6.45) is 8.75. The van der Waals surface area contributed by atoms with Gasteiger partial charge in [-0.25, -0.2) is 0 Å². The van der Waals surface area contributed by atoms with Gasteiger partial charge in [0.05, 0.1) is 19.8 Å². The minimum atomic E-state index is -0.113. The molecule has 0 unspecified atom stereocenters. The molecule has 0 spiro atoms. The van der Waals surface area contributed by atoms with Crippen LogP contribution >= 0.6 is 0 Å². The number of aromatic nitrogens is 1. The molecule has 0 saturated carbocycles. The Bertz CT molecular complexity index is 1260. The topological polar surface area (TPSA) is 73.6 Å². The second-order valence-electron chi connectivity index (χ2n) is 7.97. The lowest BCUT2D eigenvalue weighted by atomic mass is 10.0. The number of nitrogens with one attached hydrogen (secondary N) is 1. The molecule has 6 nitrogen and oxygen atoms in total. The van der Waals surface area contributed by atoms with Crippen molar-refractivity contribution in [2.75, 3.05) is 12.4 Å². The first-order valence-corrected chi connectivity index (χ1v) is 10.7.